The summed E-state index contributed by atoms with van der Waals surface area (Å²) in [5.41, 5.74) is -0.806. The molecule has 1 aromatic rings. The van der Waals surface area contributed by atoms with Crippen LogP contribution in [-0.2, 0) is 9.59 Å². The molecule has 4 amide bonds. The van der Waals surface area contributed by atoms with Gasteiger partial charge in [0.15, 0.2) is 11.5 Å². The number of imide groups is 1. The van der Waals surface area contributed by atoms with Gasteiger partial charge in [-0.1, -0.05) is 31.4 Å². The molecule has 2 aliphatic heterocycles. The smallest absolute Gasteiger partial charge is 0.325 e. The molecule has 3 aliphatic rings. The highest BCUT2D eigenvalue weighted by Gasteiger charge is 2.51. The van der Waals surface area contributed by atoms with Crippen LogP contribution < -0.4 is 20.1 Å². The summed E-state index contributed by atoms with van der Waals surface area (Å²) in [7, 11) is 0. The molecule has 2 N–H and O–H groups in total. The molecule has 1 saturated heterocycles. The summed E-state index contributed by atoms with van der Waals surface area (Å²) in [6, 6.07) is 6.86. The summed E-state index contributed by atoms with van der Waals surface area (Å²) in [5.74, 6) is 0.635. The van der Waals surface area contributed by atoms with Gasteiger partial charge in [0.25, 0.3) is 5.91 Å². The second-order valence-corrected chi connectivity index (χ2v) is 7.27. The molecule has 1 saturated carbocycles. The zero-order chi connectivity index (χ0) is 18.9. The molecule has 0 unspecified atom stereocenters. The molecule has 1 aliphatic carbocycles. The van der Waals surface area contributed by atoms with Crippen molar-refractivity contribution in [3.8, 4) is 11.5 Å². The van der Waals surface area contributed by atoms with E-state index in [1.54, 1.807) is 6.07 Å². The van der Waals surface area contributed by atoms with Gasteiger partial charge in [-0.15, -0.1) is 0 Å². The van der Waals surface area contributed by atoms with E-state index in [1.165, 1.54) is 0 Å². The molecule has 1 spiro atoms. The van der Waals surface area contributed by atoms with Gasteiger partial charge in [-0.3, -0.25) is 14.5 Å². The minimum absolute atomic E-state index is 0.238. The first-order valence-electron chi connectivity index (χ1n) is 9.37. The van der Waals surface area contributed by atoms with Crippen molar-refractivity contribution in [3.05, 3.63) is 24.3 Å². The number of rotatable bonds is 4. The Labute approximate surface area is 157 Å². The number of carbonyl (C=O) groups is 3. The summed E-state index contributed by atoms with van der Waals surface area (Å²) < 4.78 is 11.4. The lowest BCUT2D eigenvalue weighted by atomic mass is 9.82. The first-order valence-corrected chi connectivity index (χ1v) is 9.37. The molecule has 0 aromatic heterocycles. The minimum atomic E-state index is -0.806. The fourth-order valence-electron chi connectivity index (χ4n) is 3.90. The van der Waals surface area contributed by atoms with Crippen LogP contribution in [0, 0.1) is 0 Å². The Balaban J connectivity index is 1.30. The predicted octanol–water partition coefficient (Wildman–Crippen LogP) is 1.20. The number of amides is 4. The van der Waals surface area contributed by atoms with Crippen molar-refractivity contribution in [2.24, 2.45) is 0 Å². The lowest BCUT2D eigenvalue weighted by molar-refractivity contribution is -0.135. The Bertz CT molecular complexity index is 759. The summed E-state index contributed by atoms with van der Waals surface area (Å²) in [4.78, 5) is 38.2. The Morgan fingerprint density at radius 1 is 1.19 bits per heavy atom. The van der Waals surface area contributed by atoms with Gasteiger partial charge in [0.1, 0.15) is 24.8 Å². The SMILES string of the molecule is O=C(CN1C(=O)NC2(CCCCC2)C1=O)NC[C@@H]1COc2ccccc2O1. The molecule has 2 fully saturated rings. The maximum atomic E-state index is 12.7. The zero-order valence-electron chi connectivity index (χ0n) is 15.0. The van der Waals surface area contributed by atoms with Crippen LogP contribution in [0.4, 0.5) is 4.79 Å². The topological polar surface area (TPSA) is 97.0 Å². The van der Waals surface area contributed by atoms with E-state index in [0.29, 0.717) is 30.9 Å². The highest BCUT2D eigenvalue weighted by molar-refractivity contribution is 6.09. The number of benzene rings is 1. The van der Waals surface area contributed by atoms with Gasteiger partial charge in [0, 0.05) is 0 Å². The van der Waals surface area contributed by atoms with Gasteiger partial charge in [0.2, 0.25) is 5.91 Å². The first kappa shape index (κ1) is 17.6. The van der Waals surface area contributed by atoms with Crippen molar-refractivity contribution < 1.29 is 23.9 Å². The standard InChI is InChI=1S/C19H23N3O5/c23-16(20-10-13-12-26-14-6-2-3-7-15(14)27-13)11-22-17(24)19(21-18(22)25)8-4-1-5-9-19/h2-3,6-7,13H,1,4-5,8-12H2,(H,20,23)(H,21,25)/t13-/m1/s1. The predicted molar refractivity (Wildman–Crippen MR) is 95.4 cm³/mol. The fourth-order valence-corrected chi connectivity index (χ4v) is 3.90. The molecular weight excluding hydrogens is 350 g/mol. The minimum Gasteiger partial charge on any atom is -0.486 e. The number of hydrogen-bond donors (Lipinski definition) is 2. The highest BCUT2D eigenvalue weighted by Crippen LogP contribution is 2.33. The van der Waals surface area contributed by atoms with Gasteiger partial charge in [0.05, 0.1) is 6.54 Å². The van der Waals surface area contributed by atoms with Gasteiger partial charge >= 0.3 is 6.03 Å². The second kappa shape index (κ2) is 7.09. The molecule has 8 nitrogen and oxygen atoms in total. The van der Waals surface area contributed by atoms with Crippen LogP contribution in [0.5, 0.6) is 11.5 Å². The van der Waals surface area contributed by atoms with E-state index in [0.717, 1.165) is 24.2 Å². The maximum Gasteiger partial charge on any atom is 0.325 e. The van der Waals surface area contributed by atoms with Crippen LogP contribution in [0.3, 0.4) is 0 Å². The van der Waals surface area contributed by atoms with Crippen LogP contribution in [0.25, 0.3) is 0 Å². The maximum absolute atomic E-state index is 12.7. The Hall–Kier alpha value is -2.77. The van der Waals surface area contributed by atoms with Crippen LogP contribution in [0.1, 0.15) is 32.1 Å². The molecular formula is C19H23N3O5. The molecule has 4 rings (SSSR count). The van der Waals surface area contributed by atoms with Crippen LogP contribution >= 0.6 is 0 Å². The molecule has 144 valence electrons. The lowest BCUT2D eigenvalue weighted by Gasteiger charge is -2.30. The van der Waals surface area contributed by atoms with E-state index >= 15 is 0 Å². The molecule has 0 bridgehead atoms. The van der Waals surface area contributed by atoms with Gasteiger partial charge in [-0.25, -0.2) is 4.79 Å². The number of ether oxygens (including phenoxy) is 2. The van der Waals surface area contributed by atoms with Crippen molar-refractivity contribution in [2.75, 3.05) is 19.7 Å². The van der Waals surface area contributed by atoms with Crippen LogP contribution in [0.15, 0.2) is 24.3 Å². The second-order valence-electron chi connectivity index (χ2n) is 7.27. The van der Waals surface area contributed by atoms with E-state index < -0.39 is 17.5 Å². The molecule has 27 heavy (non-hydrogen) atoms. The van der Waals surface area contributed by atoms with Crippen molar-refractivity contribution >= 4 is 17.8 Å². The summed E-state index contributed by atoms with van der Waals surface area (Å²) in [6.07, 6.45) is 3.85. The normalized spacial score (nSPS) is 23.3. The Morgan fingerprint density at radius 2 is 1.93 bits per heavy atom. The van der Waals surface area contributed by atoms with E-state index in [-0.39, 0.29) is 25.1 Å². The van der Waals surface area contributed by atoms with Crippen molar-refractivity contribution in [1.82, 2.24) is 15.5 Å². The van der Waals surface area contributed by atoms with E-state index in [2.05, 4.69) is 10.6 Å². The van der Waals surface area contributed by atoms with Gasteiger partial charge in [-0.2, -0.15) is 0 Å². The number of nitrogens with one attached hydrogen (secondary N) is 2. The summed E-state index contributed by atoms with van der Waals surface area (Å²) in [5, 5.41) is 5.53. The van der Waals surface area contributed by atoms with E-state index in [9.17, 15) is 14.4 Å². The largest absolute Gasteiger partial charge is 0.486 e. The fraction of sp³-hybridized carbons (Fsp3) is 0.526. The van der Waals surface area contributed by atoms with E-state index in [1.807, 2.05) is 18.2 Å². The average molecular weight is 373 g/mol. The molecule has 2 heterocycles. The van der Waals surface area contributed by atoms with Crippen molar-refractivity contribution in [3.63, 3.8) is 0 Å². The third-order valence-electron chi connectivity index (χ3n) is 5.35. The average Bonchev–Trinajstić information content (AvgIpc) is 2.90. The lowest BCUT2D eigenvalue weighted by Crippen LogP contribution is -2.49. The third kappa shape index (κ3) is 3.43. The Kier molecular flexibility index (Phi) is 4.63. The number of fused-ring (bicyclic) bond motifs is 1. The molecule has 0 radical (unpaired) electrons. The number of hydrogen-bond acceptors (Lipinski definition) is 5. The van der Waals surface area contributed by atoms with E-state index in [4.69, 9.17) is 9.47 Å². The van der Waals surface area contributed by atoms with Gasteiger partial charge in [-0.05, 0) is 25.0 Å². The number of nitrogens with zero attached hydrogens (tertiary/aromatic N) is 1. The number of para-hydroxylation sites is 2. The van der Waals surface area contributed by atoms with Crippen LogP contribution in [-0.4, -0.2) is 54.1 Å². The van der Waals surface area contributed by atoms with Crippen molar-refractivity contribution in [2.45, 2.75) is 43.7 Å². The molecule has 1 aromatic carbocycles. The third-order valence-corrected chi connectivity index (χ3v) is 5.35. The number of urea groups is 1. The Morgan fingerprint density at radius 3 is 2.70 bits per heavy atom. The monoisotopic (exact) mass is 373 g/mol. The van der Waals surface area contributed by atoms with Gasteiger partial charge < -0.3 is 20.1 Å². The van der Waals surface area contributed by atoms with Crippen LogP contribution in [0.2, 0.25) is 0 Å². The zero-order valence-corrected chi connectivity index (χ0v) is 15.0. The number of carbonyl (C=O) groups excluding carboxylic acids is 3. The summed E-state index contributed by atoms with van der Waals surface area (Å²) in [6.45, 7) is 0.280. The first-order chi connectivity index (χ1) is 13.1. The molecule has 1 atom stereocenters. The highest BCUT2D eigenvalue weighted by atomic mass is 16.6. The molecule has 8 heteroatoms. The quantitative estimate of drug-likeness (QED) is 0.773. The summed E-state index contributed by atoms with van der Waals surface area (Å²) >= 11 is 0. The van der Waals surface area contributed by atoms with Crippen molar-refractivity contribution in [1.29, 1.82) is 0 Å².